The number of urea groups is 1. The standard InChI is InChI=1S/C12H17N3O3S/c16-11(17)8-1-3-9(4-2-8)15-12(18)14-6-10-5-13-7-19-10/h5,7-9H,1-4,6H2,(H,16,17)(H2,14,15,18). The van der Waals surface area contributed by atoms with E-state index in [4.69, 9.17) is 5.11 Å². The molecule has 0 unspecified atom stereocenters. The van der Waals surface area contributed by atoms with Crippen LogP contribution in [0.5, 0.6) is 0 Å². The number of aliphatic carboxylic acids is 1. The number of rotatable bonds is 4. The van der Waals surface area contributed by atoms with Gasteiger partial charge in [0, 0.05) is 17.1 Å². The molecule has 0 saturated heterocycles. The number of carbonyl (C=O) groups excluding carboxylic acids is 1. The number of aromatic nitrogens is 1. The van der Waals surface area contributed by atoms with Crippen molar-refractivity contribution in [2.75, 3.05) is 0 Å². The average molecular weight is 283 g/mol. The zero-order valence-corrected chi connectivity index (χ0v) is 11.3. The number of nitrogens with zero attached hydrogens (tertiary/aromatic N) is 1. The van der Waals surface area contributed by atoms with Crippen molar-refractivity contribution in [3.63, 3.8) is 0 Å². The zero-order chi connectivity index (χ0) is 13.7. The lowest BCUT2D eigenvalue weighted by Gasteiger charge is -2.26. The van der Waals surface area contributed by atoms with Gasteiger partial charge in [-0.25, -0.2) is 4.79 Å². The van der Waals surface area contributed by atoms with Gasteiger partial charge in [-0.15, -0.1) is 11.3 Å². The third-order valence-corrected chi connectivity index (χ3v) is 4.10. The number of carboxylic acids is 1. The minimum absolute atomic E-state index is 0.0806. The normalized spacial score (nSPS) is 22.7. The van der Waals surface area contributed by atoms with Gasteiger partial charge in [0.1, 0.15) is 0 Å². The summed E-state index contributed by atoms with van der Waals surface area (Å²) < 4.78 is 0. The van der Waals surface area contributed by atoms with Gasteiger partial charge in [0.25, 0.3) is 0 Å². The lowest BCUT2D eigenvalue weighted by atomic mass is 9.86. The predicted molar refractivity (Wildman–Crippen MR) is 70.9 cm³/mol. The summed E-state index contributed by atoms with van der Waals surface area (Å²) in [5, 5.41) is 14.5. The molecule has 1 aliphatic rings. The van der Waals surface area contributed by atoms with E-state index in [2.05, 4.69) is 15.6 Å². The molecule has 0 radical (unpaired) electrons. The molecular weight excluding hydrogens is 266 g/mol. The maximum Gasteiger partial charge on any atom is 0.315 e. The van der Waals surface area contributed by atoms with Crippen LogP contribution in [0.1, 0.15) is 30.6 Å². The van der Waals surface area contributed by atoms with Crippen molar-refractivity contribution in [2.45, 2.75) is 38.3 Å². The Morgan fingerprint density at radius 3 is 2.68 bits per heavy atom. The van der Waals surface area contributed by atoms with Crippen molar-refractivity contribution >= 4 is 23.3 Å². The van der Waals surface area contributed by atoms with Gasteiger partial charge in [-0.2, -0.15) is 0 Å². The molecule has 2 amide bonds. The van der Waals surface area contributed by atoms with Crippen molar-refractivity contribution in [2.24, 2.45) is 5.92 Å². The topological polar surface area (TPSA) is 91.3 Å². The van der Waals surface area contributed by atoms with Crippen molar-refractivity contribution in [3.8, 4) is 0 Å². The molecule has 1 aromatic heterocycles. The highest BCUT2D eigenvalue weighted by molar-refractivity contribution is 7.09. The highest BCUT2D eigenvalue weighted by atomic mass is 32.1. The minimum Gasteiger partial charge on any atom is -0.481 e. The number of carboxylic acid groups (broad SMARTS) is 1. The van der Waals surface area contributed by atoms with Crippen LogP contribution in [0.25, 0.3) is 0 Å². The van der Waals surface area contributed by atoms with Crippen LogP contribution in [0.4, 0.5) is 4.79 Å². The molecule has 0 atom stereocenters. The van der Waals surface area contributed by atoms with Crippen molar-refractivity contribution in [3.05, 3.63) is 16.6 Å². The van der Waals surface area contributed by atoms with Crippen LogP contribution < -0.4 is 10.6 Å². The molecule has 0 bridgehead atoms. The fraction of sp³-hybridized carbons (Fsp3) is 0.583. The van der Waals surface area contributed by atoms with E-state index in [1.54, 1.807) is 11.7 Å². The monoisotopic (exact) mass is 283 g/mol. The van der Waals surface area contributed by atoms with Gasteiger partial charge in [0.15, 0.2) is 0 Å². The number of hydrogen-bond donors (Lipinski definition) is 3. The Morgan fingerprint density at radius 1 is 1.37 bits per heavy atom. The molecule has 1 aromatic rings. The van der Waals surface area contributed by atoms with E-state index in [9.17, 15) is 9.59 Å². The fourth-order valence-electron chi connectivity index (χ4n) is 2.22. The molecule has 3 N–H and O–H groups in total. The van der Waals surface area contributed by atoms with Crippen molar-refractivity contribution in [1.29, 1.82) is 0 Å². The maximum absolute atomic E-state index is 11.7. The third kappa shape index (κ3) is 4.20. The van der Waals surface area contributed by atoms with Crippen LogP contribution >= 0.6 is 11.3 Å². The smallest absolute Gasteiger partial charge is 0.315 e. The summed E-state index contributed by atoms with van der Waals surface area (Å²) in [5.41, 5.74) is 1.72. The Balaban J connectivity index is 1.67. The Bertz CT molecular complexity index is 427. The largest absolute Gasteiger partial charge is 0.481 e. The number of carbonyl (C=O) groups is 2. The van der Waals surface area contributed by atoms with Crippen LogP contribution in [0, 0.1) is 5.92 Å². The molecule has 2 rings (SSSR count). The Kier molecular flexibility index (Phi) is 4.73. The van der Waals surface area contributed by atoms with E-state index >= 15 is 0 Å². The second-order valence-electron chi connectivity index (χ2n) is 4.68. The summed E-state index contributed by atoms with van der Waals surface area (Å²) in [5.74, 6) is -0.980. The first kappa shape index (κ1) is 13.8. The van der Waals surface area contributed by atoms with E-state index in [1.165, 1.54) is 11.3 Å². The van der Waals surface area contributed by atoms with Crippen molar-refractivity contribution in [1.82, 2.24) is 15.6 Å². The Hall–Kier alpha value is -1.63. The summed E-state index contributed by atoms with van der Waals surface area (Å²) in [6, 6.07) is -0.121. The summed E-state index contributed by atoms with van der Waals surface area (Å²) in [6.07, 6.45) is 4.45. The SMILES string of the molecule is O=C(NCc1cncs1)NC1CCC(C(=O)O)CC1. The lowest BCUT2D eigenvalue weighted by Crippen LogP contribution is -2.43. The molecule has 0 spiro atoms. The summed E-state index contributed by atoms with van der Waals surface area (Å²) >= 11 is 1.50. The highest BCUT2D eigenvalue weighted by Gasteiger charge is 2.26. The number of amides is 2. The molecule has 7 heteroatoms. The van der Waals surface area contributed by atoms with E-state index in [-0.39, 0.29) is 18.0 Å². The van der Waals surface area contributed by atoms with Gasteiger partial charge in [-0.1, -0.05) is 0 Å². The first-order valence-corrected chi connectivity index (χ1v) is 7.17. The minimum atomic E-state index is -0.729. The summed E-state index contributed by atoms with van der Waals surface area (Å²) in [6.45, 7) is 0.473. The van der Waals surface area contributed by atoms with Crippen LogP contribution in [-0.4, -0.2) is 28.1 Å². The molecule has 19 heavy (non-hydrogen) atoms. The third-order valence-electron chi connectivity index (χ3n) is 3.32. The molecule has 0 aliphatic heterocycles. The lowest BCUT2D eigenvalue weighted by molar-refractivity contribution is -0.142. The van der Waals surface area contributed by atoms with Crippen LogP contribution in [-0.2, 0) is 11.3 Å². The van der Waals surface area contributed by atoms with E-state index in [0.29, 0.717) is 19.4 Å². The Morgan fingerprint density at radius 2 is 2.11 bits per heavy atom. The van der Waals surface area contributed by atoms with Crippen molar-refractivity contribution < 1.29 is 14.7 Å². The van der Waals surface area contributed by atoms with E-state index in [0.717, 1.165) is 17.7 Å². The molecule has 6 nitrogen and oxygen atoms in total. The summed E-state index contributed by atoms with van der Waals surface area (Å²) in [4.78, 5) is 27.4. The quantitative estimate of drug-likeness (QED) is 0.782. The molecule has 1 saturated carbocycles. The predicted octanol–water partition coefficient (Wildman–Crippen LogP) is 1.59. The van der Waals surface area contributed by atoms with Gasteiger partial charge in [-0.05, 0) is 25.7 Å². The number of thiazole rings is 1. The fourth-order valence-corrected chi connectivity index (χ4v) is 2.75. The van der Waals surface area contributed by atoms with Gasteiger partial charge in [0.05, 0.1) is 18.0 Å². The summed E-state index contributed by atoms with van der Waals surface area (Å²) in [7, 11) is 0. The van der Waals surface area contributed by atoms with E-state index < -0.39 is 5.97 Å². The molecule has 0 aromatic carbocycles. The molecule has 1 fully saturated rings. The van der Waals surface area contributed by atoms with Crippen LogP contribution in [0.3, 0.4) is 0 Å². The number of hydrogen-bond acceptors (Lipinski definition) is 4. The average Bonchev–Trinajstić information content (AvgIpc) is 2.90. The molecule has 1 aliphatic carbocycles. The molecule has 1 heterocycles. The molecular formula is C12H17N3O3S. The number of nitrogens with one attached hydrogen (secondary N) is 2. The van der Waals surface area contributed by atoms with Gasteiger partial charge in [0.2, 0.25) is 0 Å². The van der Waals surface area contributed by atoms with Crippen LogP contribution in [0.15, 0.2) is 11.7 Å². The maximum atomic E-state index is 11.7. The van der Waals surface area contributed by atoms with Gasteiger partial charge >= 0.3 is 12.0 Å². The molecule has 104 valence electrons. The highest BCUT2D eigenvalue weighted by Crippen LogP contribution is 2.24. The second kappa shape index (κ2) is 6.51. The zero-order valence-electron chi connectivity index (χ0n) is 10.5. The van der Waals surface area contributed by atoms with Gasteiger partial charge < -0.3 is 15.7 Å². The van der Waals surface area contributed by atoms with Gasteiger partial charge in [-0.3, -0.25) is 9.78 Å². The van der Waals surface area contributed by atoms with E-state index in [1.807, 2.05) is 0 Å². The second-order valence-corrected chi connectivity index (χ2v) is 5.65. The first-order valence-electron chi connectivity index (χ1n) is 6.29. The Labute approximate surface area is 115 Å². The first-order chi connectivity index (χ1) is 9.15. The van der Waals surface area contributed by atoms with Crippen LogP contribution in [0.2, 0.25) is 0 Å².